The molecule has 0 atom stereocenters. The van der Waals surface area contributed by atoms with Gasteiger partial charge in [0.05, 0.1) is 5.72 Å². The minimum absolute atomic E-state index is 0.217. The number of aromatic nitrogens is 3. The summed E-state index contributed by atoms with van der Waals surface area (Å²) >= 11 is 0. The molecule has 116 valence electrons. The molecule has 4 heteroatoms. The number of hydrogen-bond acceptors (Lipinski definition) is 3. The zero-order chi connectivity index (χ0) is 17.1. The lowest BCUT2D eigenvalue weighted by Crippen LogP contribution is -2.16. The van der Waals surface area contributed by atoms with Crippen molar-refractivity contribution < 1.29 is 0 Å². The van der Waals surface area contributed by atoms with Gasteiger partial charge in [-0.3, -0.25) is 0 Å². The summed E-state index contributed by atoms with van der Waals surface area (Å²) in [6.45, 7) is 0. The van der Waals surface area contributed by atoms with E-state index in [-0.39, 0.29) is 5.72 Å². The zero-order valence-corrected chi connectivity index (χ0v) is 13.5. The van der Waals surface area contributed by atoms with Crippen molar-refractivity contribution >= 4 is 13.6 Å². The van der Waals surface area contributed by atoms with Crippen LogP contribution in [0.2, 0.25) is 0 Å². The first-order valence-corrected chi connectivity index (χ1v) is 8.02. The first-order valence-electron chi connectivity index (χ1n) is 8.02. The van der Waals surface area contributed by atoms with Gasteiger partial charge in [-0.2, -0.15) is 0 Å². The number of rotatable bonds is 3. The van der Waals surface area contributed by atoms with E-state index in [1.54, 1.807) is 0 Å². The van der Waals surface area contributed by atoms with Crippen molar-refractivity contribution in [2.75, 3.05) is 0 Å². The van der Waals surface area contributed by atoms with Crippen LogP contribution in [0.1, 0.15) is 0 Å². The van der Waals surface area contributed by atoms with Crippen LogP contribution in [0.4, 0.5) is 0 Å². The Balaban J connectivity index is 1.79. The molecule has 0 aliphatic rings. The van der Waals surface area contributed by atoms with E-state index in [1.165, 1.54) is 0 Å². The van der Waals surface area contributed by atoms with Gasteiger partial charge in [-0.15, -0.1) is 0 Å². The minimum Gasteiger partial charge on any atom is -0.225 e. The van der Waals surface area contributed by atoms with Gasteiger partial charge in [0.2, 0.25) is 0 Å². The van der Waals surface area contributed by atoms with Gasteiger partial charge in [-0.1, -0.05) is 78.9 Å². The lowest BCUT2D eigenvalue weighted by Gasteiger charge is -2.08. The molecule has 3 nitrogen and oxygen atoms in total. The van der Waals surface area contributed by atoms with Crippen LogP contribution >= 0.6 is 0 Å². The van der Waals surface area contributed by atoms with E-state index in [1.807, 2.05) is 60.7 Å². The highest BCUT2D eigenvalue weighted by molar-refractivity contribution is 6.29. The Kier molecular flexibility index (Phi) is 4.09. The molecule has 1 heterocycles. The maximum atomic E-state index is 5.92. The Labute approximate surface area is 147 Å². The van der Waals surface area contributed by atoms with Crippen molar-refractivity contribution in [2.24, 2.45) is 0 Å². The lowest BCUT2D eigenvalue weighted by molar-refractivity contribution is 1.11. The second-order valence-corrected chi connectivity index (χ2v) is 5.65. The Bertz CT molecular complexity index is 1000. The molecule has 0 N–H and O–H groups in total. The van der Waals surface area contributed by atoms with Crippen LogP contribution in [0.3, 0.4) is 0 Å². The second-order valence-electron chi connectivity index (χ2n) is 5.65. The highest BCUT2D eigenvalue weighted by atomic mass is 15.0. The van der Waals surface area contributed by atoms with Gasteiger partial charge in [-0.05, 0) is 17.2 Å². The molecule has 3 aromatic carbocycles. The van der Waals surface area contributed by atoms with E-state index < -0.39 is 0 Å². The van der Waals surface area contributed by atoms with Crippen LogP contribution in [0.25, 0.3) is 33.9 Å². The van der Waals surface area contributed by atoms with Crippen molar-refractivity contribution in [3.05, 3.63) is 84.9 Å². The van der Waals surface area contributed by atoms with Gasteiger partial charge in [0.1, 0.15) is 0 Å². The summed E-state index contributed by atoms with van der Waals surface area (Å²) < 4.78 is 0. The fourth-order valence-corrected chi connectivity index (χ4v) is 2.71. The van der Waals surface area contributed by atoms with Crippen LogP contribution in [-0.2, 0) is 0 Å². The molecule has 25 heavy (non-hydrogen) atoms. The van der Waals surface area contributed by atoms with Crippen LogP contribution in [0.15, 0.2) is 84.9 Å². The fourth-order valence-electron chi connectivity index (χ4n) is 2.71. The molecule has 1 aromatic heterocycles. The Morgan fingerprint density at radius 3 is 1.68 bits per heavy atom. The molecule has 2 radical (unpaired) electrons. The summed E-state index contributed by atoms with van der Waals surface area (Å²) in [5, 5.41) is 0. The minimum atomic E-state index is 0.217. The van der Waals surface area contributed by atoms with Gasteiger partial charge in [0.25, 0.3) is 0 Å². The van der Waals surface area contributed by atoms with Crippen molar-refractivity contribution in [1.29, 1.82) is 0 Å². The van der Waals surface area contributed by atoms with Gasteiger partial charge >= 0.3 is 0 Å². The Morgan fingerprint density at radius 1 is 0.480 bits per heavy atom. The van der Waals surface area contributed by atoms with Crippen LogP contribution in [0, 0.1) is 0 Å². The number of nitrogens with zero attached hydrogens (tertiary/aromatic N) is 3. The third-order valence-corrected chi connectivity index (χ3v) is 3.91. The average molecular weight is 319 g/mol. The maximum Gasteiger partial charge on any atom is 0.170 e. The van der Waals surface area contributed by atoms with Gasteiger partial charge in [0.15, 0.2) is 19.5 Å². The molecule has 4 aromatic rings. The summed E-state index contributed by atoms with van der Waals surface area (Å²) in [4.78, 5) is 13.2. The summed E-state index contributed by atoms with van der Waals surface area (Å²) in [6.07, 6.45) is 0. The van der Waals surface area contributed by atoms with Crippen molar-refractivity contribution in [3.8, 4) is 33.9 Å². The van der Waals surface area contributed by atoms with Crippen LogP contribution in [-0.4, -0.2) is 22.8 Å². The summed E-state index contributed by atoms with van der Waals surface area (Å²) in [6, 6.07) is 28.1. The third kappa shape index (κ3) is 3.33. The molecule has 4 rings (SSSR count). The topological polar surface area (TPSA) is 38.7 Å². The monoisotopic (exact) mass is 319 g/mol. The highest BCUT2D eigenvalue weighted by Gasteiger charge is 2.09. The van der Waals surface area contributed by atoms with E-state index in [2.05, 4.69) is 39.2 Å². The quantitative estimate of drug-likeness (QED) is 0.541. The van der Waals surface area contributed by atoms with Gasteiger partial charge in [0, 0.05) is 11.1 Å². The maximum absolute atomic E-state index is 5.92. The molecule has 0 fully saturated rings. The first-order chi connectivity index (χ1) is 12.3. The number of hydrogen-bond donors (Lipinski definition) is 0. The van der Waals surface area contributed by atoms with E-state index >= 15 is 0 Å². The third-order valence-electron chi connectivity index (χ3n) is 3.91. The predicted molar refractivity (Wildman–Crippen MR) is 102 cm³/mol. The standard InChI is InChI=1S/C21H14BN3/c22-21-24-19(16-10-5-2-6-11-16)23-20(25-21)18-13-7-12-17(14-18)15-8-3-1-4-9-15/h1-14H. The molecule has 0 saturated carbocycles. The average Bonchev–Trinajstić information content (AvgIpc) is 2.69. The molecule has 0 unspecified atom stereocenters. The van der Waals surface area contributed by atoms with Gasteiger partial charge in [-0.25, -0.2) is 15.0 Å². The van der Waals surface area contributed by atoms with E-state index in [0.717, 1.165) is 22.3 Å². The van der Waals surface area contributed by atoms with Crippen LogP contribution in [0.5, 0.6) is 0 Å². The van der Waals surface area contributed by atoms with Crippen molar-refractivity contribution in [1.82, 2.24) is 15.0 Å². The molecule has 0 aliphatic heterocycles. The smallest absolute Gasteiger partial charge is 0.170 e. The van der Waals surface area contributed by atoms with E-state index in [4.69, 9.17) is 7.85 Å². The molecular formula is C21H14BN3. The van der Waals surface area contributed by atoms with Gasteiger partial charge < -0.3 is 0 Å². The highest BCUT2D eigenvalue weighted by Crippen LogP contribution is 2.25. The Morgan fingerprint density at radius 2 is 1.00 bits per heavy atom. The normalized spacial score (nSPS) is 10.6. The van der Waals surface area contributed by atoms with E-state index in [0.29, 0.717) is 11.6 Å². The molecule has 0 spiro atoms. The number of benzene rings is 3. The Hall–Kier alpha value is -3.27. The fraction of sp³-hybridized carbons (Fsp3) is 0. The summed E-state index contributed by atoms with van der Waals surface area (Å²) in [5.41, 5.74) is 4.30. The second kappa shape index (κ2) is 6.69. The van der Waals surface area contributed by atoms with Crippen molar-refractivity contribution in [2.45, 2.75) is 0 Å². The summed E-state index contributed by atoms with van der Waals surface area (Å²) in [5.74, 6) is 1.15. The predicted octanol–water partition coefficient (Wildman–Crippen LogP) is 3.67. The van der Waals surface area contributed by atoms with Crippen LogP contribution < -0.4 is 5.72 Å². The SMILES string of the molecule is [B]c1nc(-c2ccccc2)nc(-c2cccc(-c3ccccc3)c2)n1. The molecule has 0 saturated heterocycles. The summed E-state index contributed by atoms with van der Waals surface area (Å²) in [7, 11) is 5.92. The van der Waals surface area contributed by atoms with Crippen molar-refractivity contribution in [3.63, 3.8) is 0 Å². The lowest BCUT2D eigenvalue weighted by atomic mass is 10.0. The van der Waals surface area contributed by atoms with E-state index in [9.17, 15) is 0 Å². The first kappa shape index (κ1) is 15.3. The molecule has 0 aliphatic carbocycles. The zero-order valence-electron chi connectivity index (χ0n) is 13.5. The largest absolute Gasteiger partial charge is 0.225 e. The molecular weight excluding hydrogens is 305 g/mol. The molecule has 0 amide bonds. The molecule has 0 bridgehead atoms.